The van der Waals surface area contributed by atoms with Crippen molar-refractivity contribution in [3.63, 3.8) is 0 Å². The third kappa shape index (κ3) is 3.14. The molecule has 1 aliphatic carbocycles. The van der Waals surface area contributed by atoms with Gasteiger partial charge in [0.15, 0.2) is 0 Å². The summed E-state index contributed by atoms with van der Waals surface area (Å²) < 4.78 is 13.7. The minimum atomic E-state index is -0.567. The molecule has 23 heavy (non-hydrogen) atoms. The van der Waals surface area contributed by atoms with Crippen LogP contribution in [0.5, 0.6) is 0 Å². The van der Waals surface area contributed by atoms with E-state index in [1.165, 1.54) is 12.1 Å². The second kappa shape index (κ2) is 6.60. The lowest BCUT2D eigenvalue weighted by atomic mass is 9.76. The van der Waals surface area contributed by atoms with Crippen LogP contribution >= 0.6 is 0 Å². The number of halogens is 1. The molecular formula is C19H26FNO2. The summed E-state index contributed by atoms with van der Waals surface area (Å²) in [5.74, 6) is 0.00619. The molecule has 3 nitrogen and oxygen atoms in total. The van der Waals surface area contributed by atoms with Crippen molar-refractivity contribution >= 4 is 5.91 Å². The van der Waals surface area contributed by atoms with Gasteiger partial charge in [0, 0.05) is 19.0 Å². The largest absolute Gasteiger partial charge is 0.393 e. The molecule has 1 N–H and O–H groups in total. The van der Waals surface area contributed by atoms with Crippen molar-refractivity contribution in [2.75, 3.05) is 13.1 Å². The molecule has 2 atom stereocenters. The molecule has 2 aliphatic rings. The molecule has 1 aromatic carbocycles. The van der Waals surface area contributed by atoms with Crippen LogP contribution in [-0.4, -0.2) is 35.1 Å². The van der Waals surface area contributed by atoms with Crippen molar-refractivity contribution < 1.29 is 14.3 Å². The van der Waals surface area contributed by atoms with Gasteiger partial charge in [0.25, 0.3) is 0 Å². The van der Waals surface area contributed by atoms with E-state index in [1.54, 1.807) is 13.0 Å². The Kier molecular flexibility index (Phi) is 4.72. The van der Waals surface area contributed by atoms with Gasteiger partial charge >= 0.3 is 0 Å². The van der Waals surface area contributed by atoms with E-state index in [0.717, 1.165) is 50.6 Å². The van der Waals surface area contributed by atoms with Crippen molar-refractivity contribution in [1.29, 1.82) is 0 Å². The summed E-state index contributed by atoms with van der Waals surface area (Å²) in [5, 5.41) is 9.87. The molecule has 1 aliphatic heterocycles. The minimum absolute atomic E-state index is 0.131. The summed E-state index contributed by atoms with van der Waals surface area (Å²) in [5.41, 5.74) is 0.252. The Morgan fingerprint density at radius 3 is 2.74 bits per heavy atom. The fourth-order valence-corrected chi connectivity index (χ4v) is 4.28. The molecule has 3 rings (SSSR count). The molecule has 0 bridgehead atoms. The molecule has 2 unspecified atom stereocenters. The Morgan fingerprint density at radius 1 is 1.35 bits per heavy atom. The molecule has 4 heteroatoms. The normalized spacial score (nSPS) is 25.3. The smallest absolute Gasteiger partial charge is 0.233 e. The maximum Gasteiger partial charge on any atom is 0.233 e. The van der Waals surface area contributed by atoms with Gasteiger partial charge in [-0.15, -0.1) is 0 Å². The second-order valence-electron chi connectivity index (χ2n) is 7.19. The van der Waals surface area contributed by atoms with E-state index >= 15 is 0 Å². The third-order valence-electron chi connectivity index (χ3n) is 5.67. The second-order valence-corrected chi connectivity index (χ2v) is 7.19. The monoisotopic (exact) mass is 319 g/mol. The fourth-order valence-electron chi connectivity index (χ4n) is 4.28. The molecule has 1 saturated heterocycles. The Hall–Kier alpha value is -1.42. The van der Waals surface area contributed by atoms with Crippen LogP contribution in [0.3, 0.4) is 0 Å². The average Bonchev–Trinajstić information content (AvgIpc) is 3.05. The molecule has 126 valence electrons. The number of nitrogens with zero attached hydrogens (tertiary/aromatic N) is 1. The molecule has 2 fully saturated rings. The van der Waals surface area contributed by atoms with Crippen molar-refractivity contribution in [1.82, 2.24) is 4.90 Å². The molecule has 0 radical (unpaired) electrons. The van der Waals surface area contributed by atoms with E-state index in [4.69, 9.17) is 0 Å². The van der Waals surface area contributed by atoms with E-state index < -0.39 is 5.41 Å². The predicted molar refractivity (Wildman–Crippen MR) is 87.5 cm³/mol. The number of rotatable bonds is 3. The van der Waals surface area contributed by atoms with Crippen LogP contribution < -0.4 is 0 Å². The van der Waals surface area contributed by atoms with Crippen LogP contribution in [-0.2, 0) is 10.2 Å². The summed E-state index contributed by atoms with van der Waals surface area (Å²) in [4.78, 5) is 15.2. The summed E-state index contributed by atoms with van der Waals surface area (Å²) in [7, 11) is 0. The van der Waals surface area contributed by atoms with E-state index in [1.807, 2.05) is 11.0 Å². The van der Waals surface area contributed by atoms with Crippen LogP contribution in [0.2, 0.25) is 0 Å². The zero-order chi connectivity index (χ0) is 16.4. The lowest BCUT2D eigenvalue weighted by molar-refractivity contribution is -0.140. The van der Waals surface area contributed by atoms with E-state index in [0.29, 0.717) is 6.54 Å². The SMILES string of the molecule is CC(O)C1CCCN(C(=O)C2(c3cccc(F)c3)CCCC2)C1. The lowest BCUT2D eigenvalue weighted by Gasteiger charge is -2.40. The van der Waals surface area contributed by atoms with Crippen molar-refractivity contribution in [3.8, 4) is 0 Å². The van der Waals surface area contributed by atoms with Gasteiger partial charge in [-0.1, -0.05) is 25.0 Å². The quantitative estimate of drug-likeness (QED) is 0.929. The highest BCUT2D eigenvalue weighted by molar-refractivity contribution is 5.88. The maximum absolute atomic E-state index is 13.7. The number of likely N-dealkylation sites (tertiary alicyclic amines) is 1. The van der Waals surface area contributed by atoms with Gasteiger partial charge in [-0.05, 0) is 50.3 Å². The zero-order valence-electron chi connectivity index (χ0n) is 13.8. The molecule has 0 spiro atoms. The number of hydrogen-bond donors (Lipinski definition) is 1. The van der Waals surface area contributed by atoms with Gasteiger partial charge in [0.05, 0.1) is 11.5 Å². The first-order valence-corrected chi connectivity index (χ1v) is 8.76. The number of carbonyl (C=O) groups excluding carboxylic acids is 1. The highest BCUT2D eigenvalue weighted by Gasteiger charge is 2.46. The Balaban J connectivity index is 1.87. The summed E-state index contributed by atoms with van der Waals surface area (Å²) in [6.07, 6.45) is 5.12. The van der Waals surface area contributed by atoms with Crippen molar-refractivity contribution in [3.05, 3.63) is 35.6 Å². The van der Waals surface area contributed by atoms with Gasteiger partial charge < -0.3 is 10.0 Å². The van der Waals surface area contributed by atoms with Gasteiger partial charge in [-0.3, -0.25) is 4.79 Å². The number of amides is 1. The Morgan fingerprint density at radius 2 is 2.09 bits per heavy atom. The van der Waals surface area contributed by atoms with Crippen LogP contribution in [0, 0.1) is 11.7 Å². The summed E-state index contributed by atoms with van der Waals surface area (Å²) in [6, 6.07) is 6.55. The van der Waals surface area contributed by atoms with E-state index in [-0.39, 0.29) is 23.7 Å². The Bertz CT molecular complexity index is 566. The predicted octanol–water partition coefficient (Wildman–Crippen LogP) is 3.26. The van der Waals surface area contributed by atoms with Crippen molar-refractivity contribution in [2.45, 2.75) is 57.0 Å². The average molecular weight is 319 g/mol. The molecular weight excluding hydrogens is 293 g/mol. The number of benzene rings is 1. The molecule has 1 amide bonds. The summed E-state index contributed by atoms with van der Waals surface area (Å²) in [6.45, 7) is 3.17. The number of aliphatic hydroxyl groups is 1. The van der Waals surface area contributed by atoms with Gasteiger partial charge in [-0.2, -0.15) is 0 Å². The number of carbonyl (C=O) groups is 1. The van der Waals surface area contributed by atoms with E-state index in [2.05, 4.69) is 0 Å². The molecule has 1 aromatic rings. The lowest BCUT2D eigenvalue weighted by Crippen LogP contribution is -2.50. The van der Waals surface area contributed by atoms with Crippen LogP contribution in [0.25, 0.3) is 0 Å². The van der Waals surface area contributed by atoms with Gasteiger partial charge in [0.1, 0.15) is 5.82 Å². The maximum atomic E-state index is 13.7. The Labute approximate surface area is 137 Å². The number of aliphatic hydroxyl groups excluding tert-OH is 1. The highest BCUT2D eigenvalue weighted by atomic mass is 19.1. The zero-order valence-corrected chi connectivity index (χ0v) is 13.8. The van der Waals surface area contributed by atoms with Crippen LogP contribution in [0.15, 0.2) is 24.3 Å². The van der Waals surface area contributed by atoms with Crippen LogP contribution in [0.1, 0.15) is 51.0 Å². The first-order chi connectivity index (χ1) is 11.0. The highest BCUT2D eigenvalue weighted by Crippen LogP contribution is 2.43. The number of piperidine rings is 1. The minimum Gasteiger partial charge on any atom is -0.393 e. The van der Waals surface area contributed by atoms with Crippen LogP contribution in [0.4, 0.5) is 4.39 Å². The summed E-state index contributed by atoms with van der Waals surface area (Å²) >= 11 is 0. The van der Waals surface area contributed by atoms with E-state index in [9.17, 15) is 14.3 Å². The van der Waals surface area contributed by atoms with Crippen molar-refractivity contribution in [2.24, 2.45) is 5.92 Å². The molecule has 1 heterocycles. The van der Waals surface area contributed by atoms with Gasteiger partial charge in [-0.25, -0.2) is 4.39 Å². The topological polar surface area (TPSA) is 40.5 Å². The number of hydrogen-bond acceptors (Lipinski definition) is 2. The first-order valence-electron chi connectivity index (χ1n) is 8.76. The third-order valence-corrected chi connectivity index (χ3v) is 5.67. The molecule has 1 saturated carbocycles. The fraction of sp³-hybridized carbons (Fsp3) is 0.632. The first kappa shape index (κ1) is 16.4. The van der Waals surface area contributed by atoms with Gasteiger partial charge in [0.2, 0.25) is 5.91 Å². The standard InChI is InChI=1S/C19H26FNO2/c1-14(22)15-6-5-11-21(13-15)18(23)19(9-2-3-10-19)16-7-4-8-17(20)12-16/h4,7-8,12,14-15,22H,2-3,5-6,9-11,13H2,1H3. The molecule has 0 aromatic heterocycles.